The molecule has 7 nitrogen and oxygen atoms in total. The highest BCUT2D eigenvalue weighted by Gasteiger charge is 2.27. The first-order valence-electron chi connectivity index (χ1n) is 8.86. The van der Waals surface area contributed by atoms with Crippen LogP contribution in [-0.2, 0) is 4.74 Å². The first kappa shape index (κ1) is 16.1. The fourth-order valence-electron chi connectivity index (χ4n) is 3.23. The zero-order valence-corrected chi connectivity index (χ0v) is 14.5. The van der Waals surface area contributed by atoms with Crippen LogP contribution in [0.1, 0.15) is 30.7 Å². The molecular weight excluding hydrogens is 316 g/mol. The highest BCUT2D eigenvalue weighted by atomic mass is 16.5. The van der Waals surface area contributed by atoms with E-state index >= 15 is 0 Å². The van der Waals surface area contributed by atoms with E-state index < -0.39 is 0 Å². The molecule has 0 amide bonds. The molecule has 0 aliphatic carbocycles. The number of aliphatic imine (C=N–C) groups is 1. The van der Waals surface area contributed by atoms with Crippen LogP contribution in [0.15, 0.2) is 29.3 Å². The number of aromatic nitrogens is 3. The largest absolute Gasteiger partial charge is 0.378 e. The molecular formula is C18H23N6O. The van der Waals surface area contributed by atoms with E-state index in [0.29, 0.717) is 0 Å². The number of rotatable bonds is 3. The molecule has 131 valence electrons. The van der Waals surface area contributed by atoms with Gasteiger partial charge in [-0.15, -0.1) is 0 Å². The molecule has 3 heterocycles. The van der Waals surface area contributed by atoms with Crippen molar-refractivity contribution in [1.29, 1.82) is 0 Å². The number of nitrogens with zero attached hydrogens (tertiary/aromatic N) is 5. The van der Waals surface area contributed by atoms with Gasteiger partial charge < -0.3 is 9.64 Å². The van der Waals surface area contributed by atoms with E-state index in [4.69, 9.17) is 14.7 Å². The van der Waals surface area contributed by atoms with Gasteiger partial charge in [-0.25, -0.2) is 5.10 Å². The van der Waals surface area contributed by atoms with Crippen LogP contribution >= 0.6 is 0 Å². The van der Waals surface area contributed by atoms with Gasteiger partial charge >= 0.3 is 0 Å². The van der Waals surface area contributed by atoms with E-state index in [2.05, 4.69) is 39.1 Å². The monoisotopic (exact) mass is 339 g/mol. The van der Waals surface area contributed by atoms with Crippen LogP contribution in [0.3, 0.4) is 0 Å². The van der Waals surface area contributed by atoms with E-state index in [0.717, 1.165) is 69.1 Å². The molecule has 7 heteroatoms. The smallest absolute Gasteiger partial charge is 0.228 e. The summed E-state index contributed by atoms with van der Waals surface area (Å²) in [5, 5.41) is 7.57. The fourth-order valence-corrected chi connectivity index (χ4v) is 3.23. The Balaban J connectivity index is 1.56. The van der Waals surface area contributed by atoms with Gasteiger partial charge in [0.25, 0.3) is 0 Å². The summed E-state index contributed by atoms with van der Waals surface area (Å²) < 4.78 is 5.46. The molecule has 1 N–H and O–H groups in total. The predicted octanol–water partition coefficient (Wildman–Crippen LogP) is 1.65. The summed E-state index contributed by atoms with van der Waals surface area (Å²) >= 11 is 0. The molecule has 0 spiro atoms. The van der Waals surface area contributed by atoms with Gasteiger partial charge in [0, 0.05) is 32.1 Å². The average molecular weight is 339 g/mol. The van der Waals surface area contributed by atoms with Crippen molar-refractivity contribution in [1.82, 2.24) is 20.1 Å². The summed E-state index contributed by atoms with van der Waals surface area (Å²) in [6, 6.07) is 11.1. The Kier molecular flexibility index (Phi) is 4.65. The zero-order chi connectivity index (χ0) is 17.1. The third-order valence-electron chi connectivity index (χ3n) is 4.69. The molecule has 2 aliphatic heterocycles. The third kappa shape index (κ3) is 3.37. The van der Waals surface area contributed by atoms with Crippen LogP contribution < -0.4 is 4.90 Å². The Morgan fingerprint density at radius 3 is 2.96 bits per heavy atom. The maximum absolute atomic E-state index is 5.46. The molecule has 1 atom stereocenters. The second-order valence-electron chi connectivity index (χ2n) is 6.36. The van der Waals surface area contributed by atoms with Gasteiger partial charge in [0.05, 0.1) is 13.2 Å². The molecule has 1 aromatic heterocycles. The van der Waals surface area contributed by atoms with Gasteiger partial charge in [-0.05, 0) is 18.1 Å². The minimum Gasteiger partial charge on any atom is -0.378 e. The van der Waals surface area contributed by atoms with E-state index in [9.17, 15) is 0 Å². The second kappa shape index (κ2) is 7.23. The summed E-state index contributed by atoms with van der Waals surface area (Å²) in [6.07, 6.45) is 1.02. The maximum atomic E-state index is 5.46. The molecule has 4 rings (SSSR count). The number of guanidine groups is 1. The molecule has 1 radical (unpaired) electrons. The number of benzene rings is 1. The molecule has 1 saturated heterocycles. The van der Waals surface area contributed by atoms with Crippen LogP contribution in [0, 0.1) is 6.07 Å². The lowest BCUT2D eigenvalue weighted by atomic mass is 10.0. The lowest BCUT2D eigenvalue weighted by molar-refractivity contribution is 0.0669. The third-order valence-corrected chi connectivity index (χ3v) is 4.69. The average Bonchev–Trinajstić information content (AvgIpc) is 3.19. The summed E-state index contributed by atoms with van der Waals surface area (Å²) in [5.74, 6) is 2.67. The van der Waals surface area contributed by atoms with Gasteiger partial charge in [-0.3, -0.25) is 9.89 Å². The first-order chi connectivity index (χ1) is 12.3. The van der Waals surface area contributed by atoms with E-state index in [1.54, 1.807) is 0 Å². The minimum atomic E-state index is 0.121. The zero-order valence-electron chi connectivity index (χ0n) is 14.5. The molecule has 1 unspecified atom stereocenters. The van der Waals surface area contributed by atoms with Gasteiger partial charge in [0.1, 0.15) is 0 Å². The minimum absolute atomic E-state index is 0.121. The highest BCUT2D eigenvalue weighted by molar-refractivity contribution is 5.95. The summed E-state index contributed by atoms with van der Waals surface area (Å²) in [6.45, 7) is 7.10. The van der Waals surface area contributed by atoms with Crippen molar-refractivity contribution in [2.75, 3.05) is 44.3 Å². The number of anilines is 1. The molecule has 0 saturated carbocycles. The summed E-state index contributed by atoms with van der Waals surface area (Å²) in [7, 11) is 0. The number of morpholine rings is 1. The molecule has 2 aliphatic rings. The number of hydrogen-bond donors (Lipinski definition) is 1. The van der Waals surface area contributed by atoms with E-state index in [1.165, 1.54) is 0 Å². The standard InChI is InChI=1S/C18H23N6O/c1-14(15-6-3-2-4-7-15)16-20-17(22-21-16)24-9-5-8-19-18(24)23-10-12-25-13-11-23/h2-3,6-7,14H,5,8-13H2,1H3,(H,20,21,22). The Hall–Kier alpha value is -2.41. The van der Waals surface area contributed by atoms with Crippen molar-refractivity contribution in [2.45, 2.75) is 19.3 Å². The molecule has 1 fully saturated rings. The Morgan fingerprint density at radius 1 is 1.28 bits per heavy atom. The number of hydrogen-bond acceptors (Lipinski definition) is 6. The van der Waals surface area contributed by atoms with Crippen molar-refractivity contribution in [3.8, 4) is 0 Å². The van der Waals surface area contributed by atoms with Gasteiger partial charge in [0.15, 0.2) is 5.82 Å². The molecule has 1 aromatic carbocycles. The lowest BCUT2D eigenvalue weighted by Gasteiger charge is -2.36. The van der Waals surface area contributed by atoms with Crippen LogP contribution in [0.2, 0.25) is 0 Å². The van der Waals surface area contributed by atoms with Crippen molar-refractivity contribution < 1.29 is 4.74 Å². The van der Waals surface area contributed by atoms with Crippen LogP contribution in [0.5, 0.6) is 0 Å². The van der Waals surface area contributed by atoms with Crippen LogP contribution in [-0.4, -0.2) is 65.4 Å². The Bertz CT molecular complexity index is 722. The number of H-pyrrole nitrogens is 1. The SMILES string of the molecule is CC(c1c[c]ccc1)c1n[nH]c(N2CCCN=C2N2CCOCC2)n1. The van der Waals surface area contributed by atoms with E-state index in [1.807, 2.05) is 18.2 Å². The van der Waals surface area contributed by atoms with Gasteiger partial charge in [-0.1, -0.05) is 31.2 Å². The quantitative estimate of drug-likeness (QED) is 0.921. The Morgan fingerprint density at radius 2 is 2.16 bits per heavy atom. The predicted molar refractivity (Wildman–Crippen MR) is 95.8 cm³/mol. The number of nitrogens with one attached hydrogen (secondary N) is 1. The van der Waals surface area contributed by atoms with Crippen LogP contribution in [0.4, 0.5) is 5.95 Å². The molecule has 25 heavy (non-hydrogen) atoms. The summed E-state index contributed by atoms with van der Waals surface area (Å²) in [4.78, 5) is 13.9. The van der Waals surface area contributed by atoms with Crippen molar-refractivity contribution in [3.05, 3.63) is 41.7 Å². The number of aromatic amines is 1. The summed E-state index contributed by atoms with van der Waals surface area (Å²) in [5.41, 5.74) is 1.16. The van der Waals surface area contributed by atoms with Crippen molar-refractivity contribution >= 4 is 11.9 Å². The van der Waals surface area contributed by atoms with Gasteiger partial charge in [-0.2, -0.15) is 10.1 Å². The lowest BCUT2D eigenvalue weighted by Crippen LogP contribution is -2.51. The normalized spacial score (nSPS) is 19.6. The first-order valence-corrected chi connectivity index (χ1v) is 8.86. The van der Waals surface area contributed by atoms with Gasteiger partial charge in [0.2, 0.25) is 11.9 Å². The second-order valence-corrected chi connectivity index (χ2v) is 6.36. The van der Waals surface area contributed by atoms with Crippen LogP contribution in [0.25, 0.3) is 0 Å². The maximum Gasteiger partial charge on any atom is 0.228 e. The van der Waals surface area contributed by atoms with Crippen molar-refractivity contribution in [3.63, 3.8) is 0 Å². The number of ether oxygens (including phenoxy) is 1. The molecule has 2 aromatic rings. The topological polar surface area (TPSA) is 69.6 Å². The highest BCUT2D eigenvalue weighted by Crippen LogP contribution is 2.23. The fraction of sp³-hybridized carbons (Fsp3) is 0.500. The van der Waals surface area contributed by atoms with Crippen molar-refractivity contribution in [2.24, 2.45) is 4.99 Å². The Labute approximate surface area is 147 Å². The molecule has 0 bridgehead atoms. The van der Waals surface area contributed by atoms with E-state index in [-0.39, 0.29) is 5.92 Å².